The minimum Gasteiger partial charge on any atom is -0.394 e. The van der Waals surface area contributed by atoms with Crippen molar-refractivity contribution in [1.29, 1.82) is 0 Å². The lowest BCUT2D eigenvalue weighted by atomic mass is 10.0. The largest absolute Gasteiger partial charge is 0.394 e. The zero-order valence-electron chi connectivity index (χ0n) is 12.8. The summed E-state index contributed by atoms with van der Waals surface area (Å²) in [4.78, 5) is 22.7. The van der Waals surface area contributed by atoms with Gasteiger partial charge in [0.05, 0.1) is 25.2 Å². The first-order valence-electron chi connectivity index (χ1n) is 7.14. The SMILES string of the molecule is CC(O)CC(=O)Nc1ccc(C(O)C(CO)NC(=O)CO)cc1. The Morgan fingerprint density at radius 1 is 1.09 bits per heavy atom. The molecule has 3 unspecified atom stereocenters. The van der Waals surface area contributed by atoms with E-state index in [9.17, 15) is 19.8 Å². The van der Waals surface area contributed by atoms with Crippen LogP contribution in [0.15, 0.2) is 24.3 Å². The van der Waals surface area contributed by atoms with Gasteiger partial charge in [-0.25, -0.2) is 0 Å². The van der Waals surface area contributed by atoms with E-state index in [1.807, 2.05) is 0 Å². The molecule has 0 aliphatic carbocycles. The van der Waals surface area contributed by atoms with Gasteiger partial charge in [-0.1, -0.05) is 12.1 Å². The van der Waals surface area contributed by atoms with Crippen LogP contribution in [-0.4, -0.2) is 57.6 Å². The molecule has 0 bridgehead atoms. The van der Waals surface area contributed by atoms with Crippen LogP contribution in [0.1, 0.15) is 25.0 Å². The summed E-state index contributed by atoms with van der Waals surface area (Å²) in [6, 6.07) is 5.24. The lowest BCUT2D eigenvalue weighted by Crippen LogP contribution is -2.43. The van der Waals surface area contributed by atoms with Crippen LogP contribution in [0.2, 0.25) is 0 Å². The zero-order chi connectivity index (χ0) is 17.4. The predicted octanol–water partition coefficient (Wildman–Crippen LogP) is -1.10. The maximum Gasteiger partial charge on any atom is 0.246 e. The van der Waals surface area contributed by atoms with Crippen molar-refractivity contribution in [3.05, 3.63) is 29.8 Å². The standard InChI is InChI=1S/C15H22N2O6/c1-9(20)6-13(21)16-11-4-2-10(3-5-11)15(23)12(7-18)17-14(22)8-19/h2-5,9,12,15,18-20,23H,6-8H2,1H3,(H,16,21)(H,17,22). The molecule has 23 heavy (non-hydrogen) atoms. The van der Waals surface area contributed by atoms with Crippen LogP contribution in [-0.2, 0) is 9.59 Å². The number of amides is 2. The third-order valence-electron chi connectivity index (χ3n) is 3.08. The maximum atomic E-state index is 11.5. The highest BCUT2D eigenvalue weighted by molar-refractivity contribution is 5.90. The minimum atomic E-state index is -1.17. The number of anilines is 1. The Balaban J connectivity index is 2.70. The van der Waals surface area contributed by atoms with E-state index in [-0.39, 0.29) is 12.3 Å². The van der Waals surface area contributed by atoms with Gasteiger partial charge in [0, 0.05) is 5.69 Å². The third-order valence-corrected chi connectivity index (χ3v) is 3.08. The van der Waals surface area contributed by atoms with Gasteiger partial charge in [0.1, 0.15) is 12.7 Å². The number of rotatable bonds is 8. The van der Waals surface area contributed by atoms with E-state index in [0.717, 1.165) is 0 Å². The summed E-state index contributed by atoms with van der Waals surface area (Å²) in [6.45, 7) is 0.270. The topological polar surface area (TPSA) is 139 Å². The molecule has 1 aromatic carbocycles. The number of carbonyl (C=O) groups excluding carboxylic acids is 2. The number of benzene rings is 1. The summed E-state index contributed by atoms with van der Waals surface area (Å²) in [5.41, 5.74) is 0.919. The zero-order valence-corrected chi connectivity index (χ0v) is 12.8. The number of aliphatic hydroxyl groups is 4. The van der Waals surface area contributed by atoms with Crippen molar-refractivity contribution in [2.24, 2.45) is 0 Å². The number of hydrogen-bond acceptors (Lipinski definition) is 6. The molecule has 8 heteroatoms. The Kier molecular flexibility index (Phi) is 7.63. The molecular weight excluding hydrogens is 304 g/mol. The van der Waals surface area contributed by atoms with Gasteiger partial charge < -0.3 is 31.1 Å². The van der Waals surface area contributed by atoms with Gasteiger partial charge in [-0.2, -0.15) is 0 Å². The van der Waals surface area contributed by atoms with Gasteiger partial charge in [-0.3, -0.25) is 9.59 Å². The molecule has 0 heterocycles. The second-order valence-corrected chi connectivity index (χ2v) is 5.18. The van der Waals surface area contributed by atoms with E-state index in [2.05, 4.69) is 10.6 Å². The first-order chi connectivity index (χ1) is 10.9. The highest BCUT2D eigenvalue weighted by Gasteiger charge is 2.22. The van der Waals surface area contributed by atoms with Crippen LogP contribution in [0, 0.1) is 0 Å². The van der Waals surface area contributed by atoms with Crippen LogP contribution in [0.5, 0.6) is 0 Å². The predicted molar refractivity (Wildman–Crippen MR) is 82.4 cm³/mol. The van der Waals surface area contributed by atoms with Crippen LogP contribution < -0.4 is 10.6 Å². The highest BCUT2D eigenvalue weighted by atomic mass is 16.3. The average molecular weight is 326 g/mol. The van der Waals surface area contributed by atoms with E-state index in [4.69, 9.17) is 10.2 Å². The van der Waals surface area contributed by atoms with Gasteiger partial charge in [0.25, 0.3) is 0 Å². The number of aliphatic hydroxyl groups excluding tert-OH is 4. The number of hydrogen-bond donors (Lipinski definition) is 6. The second kappa shape index (κ2) is 9.21. The Bertz CT molecular complexity index is 517. The van der Waals surface area contributed by atoms with E-state index in [0.29, 0.717) is 11.3 Å². The van der Waals surface area contributed by atoms with Crippen molar-refractivity contribution in [2.75, 3.05) is 18.5 Å². The van der Waals surface area contributed by atoms with Gasteiger partial charge in [-0.05, 0) is 24.6 Å². The van der Waals surface area contributed by atoms with Crippen molar-refractivity contribution in [3.63, 3.8) is 0 Å². The fourth-order valence-corrected chi connectivity index (χ4v) is 1.95. The lowest BCUT2D eigenvalue weighted by molar-refractivity contribution is -0.126. The van der Waals surface area contributed by atoms with E-state index >= 15 is 0 Å². The Morgan fingerprint density at radius 3 is 2.17 bits per heavy atom. The third kappa shape index (κ3) is 6.33. The maximum absolute atomic E-state index is 11.5. The molecular formula is C15H22N2O6. The summed E-state index contributed by atoms with van der Waals surface area (Å²) < 4.78 is 0. The van der Waals surface area contributed by atoms with E-state index < -0.39 is 37.4 Å². The molecule has 0 spiro atoms. The van der Waals surface area contributed by atoms with Gasteiger partial charge in [0.15, 0.2) is 0 Å². The fraction of sp³-hybridized carbons (Fsp3) is 0.467. The summed E-state index contributed by atoms with van der Waals surface area (Å²) in [6.07, 6.45) is -1.93. The molecule has 0 saturated heterocycles. The summed E-state index contributed by atoms with van der Waals surface area (Å²) in [5, 5.41) is 42.1. The summed E-state index contributed by atoms with van der Waals surface area (Å²) >= 11 is 0. The second-order valence-electron chi connectivity index (χ2n) is 5.18. The van der Waals surface area contributed by atoms with E-state index in [1.165, 1.54) is 19.1 Å². The molecule has 0 radical (unpaired) electrons. The Hall–Kier alpha value is -2.00. The minimum absolute atomic E-state index is 0.0237. The molecule has 0 aromatic heterocycles. The molecule has 0 fully saturated rings. The smallest absolute Gasteiger partial charge is 0.246 e. The van der Waals surface area contributed by atoms with Gasteiger partial charge in [-0.15, -0.1) is 0 Å². The van der Waals surface area contributed by atoms with Crippen LogP contribution in [0.3, 0.4) is 0 Å². The van der Waals surface area contributed by atoms with Crippen LogP contribution in [0.4, 0.5) is 5.69 Å². The van der Waals surface area contributed by atoms with Crippen LogP contribution in [0.25, 0.3) is 0 Å². The number of carbonyl (C=O) groups is 2. The molecule has 1 aromatic rings. The monoisotopic (exact) mass is 326 g/mol. The number of nitrogens with one attached hydrogen (secondary N) is 2. The Labute approximate surface area is 133 Å². The van der Waals surface area contributed by atoms with Gasteiger partial charge >= 0.3 is 0 Å². The fourth-order valence-electron chi connectivity index (χ4n) is 1.95. The van der Waals surface area contributed by atoms with Crippen molar-refractivity contribution >= 4 is 17.5 Å². The molecule has 0 aliphatic heterocycles. The van der Waals surface area contributed by atoms with Gasteiger partial charge in [0.2, 0.25) is 11.8 Å². The lowest BCUT2D eigenvalue weighted by Gasteiger charge is -2.22. The van der Waals surface area contributed by atoms with Crippen molar-refractivity contribution < 1.29 is 30.0 Å². The Morgan fingerprint density at radius 2 is 1.70 bits per heavy atom. The van der Waals surface area contributed by atoms with E-state index in [1.54, 1.807) is 12.1 Å². The average Bonchev–Trinajstić information content (AvgIpc) is 2.51. The molecule has 0 aliphatic rings. The normalized spacial score (nSPS) is 14.7. The quantitative estimate of drug-likeness (QED) is 0.358. The first kappa shape index (κ1) is 19.0. The molecule has 2 amide bonds. The highest BCUT2D eigenvalue weighted by Crippen LogP contribution is 2.19. The molecule has 128 valence electrons. The van der Waals surface area contributed by atoms with Crippen molar-refractivity contribution in [2.45, 2.75) is 31.6 Å². The molecule has 8 nitrogen and oxygen atoms in total. The van der Waals surface area contributed by atoms with Crippen LogP contribution >= 0.6 is 0 Å². The molecule has 0 saturated carbocycles. The summed E-state index contributed by atoms with van der Waals surface area (Å²) in [7, 11) is 0. The molecule has 6 N–H and O–H groups in total. The van der Waals surface area contributed by atoms with Crippen molar-refractivity contribution in [1.82, 2.24) is 5.32 Å². The molecule has 3 atom stereocenters. The first-order valence-corrected chi connectivity index (χ1v) is 7.14. The summed E-state index contributed by atoms with van der Waals surface area (Å²) in [5.74, 6) is -1.04. The van der Waals surface area contributed by atoms with Crippen molar-refractivity contribution in [3.8, 4) is 0 Å². The molecule has 1 rings (SSSR count).